The number of carbonyl (C=O) groups excluding carboxylic acids is 1. The molecule has 32 heavy (non-hydrogen) atoms. The van der Waals surface area contributed by atoms with Crippen molar-refractivity contribution in [3.8, 4) is 5.75 Å². The highest BCUT2D eigenvalue weighted by Crippen LogP contribution is 2.29. The van der Waals surface area contributed by atoms with Crippen LogP contribution < -0.4 is 10.1 Å². The van der Waals surface area contributed by atoms with Gasteiger partial charge in [-0.3, -0.25) is 4.79 Å². The predicted octanol–water partition coefficient (Wildman–Crippen LogP) is 4.29. The monoisotopic (exact) mass is 498 g/mol. The average molecular weight is 499 g/mol. The molecule has 6 nitrogen and oxygen atoms in total. The molecule has 0 saturated carbocycles. The molecule has 0 unspecified atom stereocenters. The van der Waals surface area contributed by atoms with Crippen LogP contribution in [0.5, 0.6) is 5.75 Å². The molecule has 0 atom stereocenters. The highest BCUT2D eigenvalue weighted by molar-refractivity contribution is 7.88. The molecule has 1 aliphatic heterocycles. The Balaban J connectivity index is 1.43. The Labute approximate surface area is 199 Å². The fourth-order valence-corrected chi connectivity index (χ4v) is 6.13. The molecule has 0 spiro atoms. The predicted molar refractivity (Wildman–Crippen MR) is 128 cm³/mol. The molecule has 0 bridgehead atoms. The van der Waals surface area contributed by atoms with Crippen LogP contribution in [0.2, 0.25) is 10.0 Å². The van der Waals surface area contributed by atoms with Gasteiger partial charge in [0.25, 0.3) is 0 Å². The number of rotatable bonds is 9. The van der Waals surface area contributed by atoms with Gasteiger partial charge in [-0.05, 0) is 55.5 Å². The largest absolute Gasteiger partial charge is 0.497 e. The molecule has 0 aliphatic carbocycles. The van der Waals surface area contributed by atoms with Gasteiger partial charge in [-0.2, -0.15) is 0 Å². The van der Waals surface area contributed by atoms with Gasteiger partial charge in [0.1, 0.15) is 5.75 Å². The van der Waals surface area contributed by atoms with Crippen molar-refractivity contribution >= 4 is 39.1 Å². The lowest BCUT2D eigenvalue weighted by Crippen LogP contribution is -2.43. The number of piperidine rings is 1. The van der Waals surface area contributed by atoms with Gasteiger partial charge >= 0.3 is 0 Å². The SMILES string of the molecule is COc1cccc(CCCNC(=O)C2CCN(S(=O)(=O)Cc3c(Cl)cccc3Cl)CC2)c1. The van der Waals surface area contributed by atoms with E-state index in [1.807, 2.05) is 24.3 Å². The molecular weight excluding hydrogens is 471 g/mol. The van der Waals surface area contributed by atoms with E-state index in [0.29, 0.717) is 48.1 Å². The lowest BCUT2D eigenvalue weighted by Gasteiger charge is -2.30. The van der Waals surface area contributed by atoms with E-state index in [9.17, 15) is 13.2 Å². The molecule has 1 heterocycles. The van der Waals surface area contributed by atoms with E-state index in [-0.39, 0.29) is 17.6 Å². The van der Waals surface area contributed by atoms with Crippen LogP contribution in [0.1, 0.15) is 30.4 Å². The molecule has 1 N–H and O–H groups in total. The van der Waals surface area contributed by atoms with E-state index in [1.165, 1.54) is 4.31 Å². The second kappa shape index (κ2) is 11.4. The van der Waals surface area contributed by atoms with Crippen LogP contribution in [0.15, 0.2) is 42.5 Å². The first-order valence-electron chi connectivity index (χ1n) is 10.6. The molecule has 2 aromatic carbocycles. The van der Waals surface area contributed by atoms with Crippen LogP contribution in [-0.4, -0.2) is 45.4 Å². The topological polar surface area (TPSA) is 75.7 Å². The van der Waals surface area contributed by atoms with Crippen LogP contribution in [0.3, 0.4) is 0 Å². The summed E-state index contributed by atoms with van der Waals surface area (Å²) in [4.78, 5) is 12.5. The fraction of sp³-hybridized carbons (Fsp3) is 0.435. The second-order valence-electron chi connectivity index (χ2n) is 7.88. The van der Waals surface area contributed by atoms with Crippen molar-refractivity contribution in [2.75, 3.05) is 26.7 Å². The minimum Gasteiger partial charge on any atom is -0.497 e. The van der Waals surface area contributed by atoms with E-state index in [0.717, 1.165) is 24.2 Å². The number of hydrogen-bond acceptors (Lipinski definition) is 4. The number of halogens is 2. The third-order valence-electron chi connectivity index (χ3n) is 5.68. The molecule has 2 aromatic rings. The number of hydrogen-bond donors (Lipinski definition) is 1. The summed E-state index contributed by atoms with van der Waals surface area (Å²) in [6, 6.07) is 12.8. The van der Waals surface area contributed by atoms with Gasteiger partial charge in [0.15, 0.2) is 0 Å². The summed E-state index contributed by atoms with van der Waals surface area (Å²) in [7, 11) is -1.92. The number of amides is 1. The van der Waals surface area contributed by atoms with Gasteiger partial charge in [0.2, 0.25) is 15.9 Å². The first-order valence-corrected chi connectivity index (χ1v) is 13.0. The van der Waals surface area contributed by atoms with E-state index in [4.69, 9.17) is 27.9 Å². The van der Waals surface area contributed by atoms with Crippen LogP contribution in [-0.2, 0) is 27.0 Å². The molecule has 9 heteroatoms. The molecule has 0 radical (unpaired) electrons. The normalized spacial score (nSPS) is 15.5. The number of ether oxygens (including phenoxy) is 1. The summed E-state index contributed by atoms with van der Waals surface area (Å²) in [6.45, 7) is 1.21. The van der Waals surface area contributed by atoms with E-state index in [1.54, 1.807) is 25.3 Å². The number of nitrogens with one attached hydrogen (secondary N) is 1. The highest BCUT2D eigenvalue weighted by Gasteiger charge is 2.31. The summed E-state index contributed by atoms with van der Waals surface area (Å²) in [5, 5.41) is 3.66. The lowest BCUT2D eigenvalue weighted by molar-refractivity contribution is -0.126. The van der Waals surface area contributed by atoms with Crippen molar-refractivity contribution in [2.45, 2.75) is 31.4 Å². The van der Waals surface area contributed by atoms with Gasteiger partial charge in [0.05, 0.1) is 12.9 Å². The number of nitrogens with zero attached hydrogens (tertiary/aromatic N) is 1. The number of sulfonamides is 1. The number of benzene rings is 2. The van der Waals surface area contributed by atoms with E-state index >= 15 is 0 Å². The van der Waals surface area contributed by atoms with E-state index < -0.39 is 10.0 Å². The maximum absolute atomic E-state index is 12.8. The van der Waals surface area contributed by atoms with Crippen LogP contribution >= 0.6 is 23.2 Å². The third-order valence-corrected chi connectivity index (χ3v) is 8.20. The Hall–Kier alpha value is -1.80. The van der Waals surface area contributed by atoms with Gasteiger partial charge in [0, 0.05) is 41.2 Å². The molecule has 0 aromatic heterocycles. The molecule has 174 valence electrons. The van der Waals surface area contributed by atoms with Crippen molar-refractivity contribution in [1.82, 2.24) is 9.62 Å². The Bertz CT molecular complexity index is 1020. The van der Waals surface area contributed by atoms with Crippen LogP contribution in [0.4, 0.5) is 0 Å². The first-order chi connectivity index (χ1) is 15.3. The summed E-state index contributed by atoms with van der Waals surface area (Å²) < 4.78 is 32.3. The number of carbonyl (C=O) groups is 1. The maximum Gasteiger partial charge on any atom is 0.223 e. The molecule has 1 saturated heterocycles. The van der Waals surface area contributed by atoms with Crippen molar-refractivity contribution in [2.24, 2.45) is 5.92 Å². The zero-order chi connectivity index (χ0) is 23.1. The molecule has 1 amide bonds. The fourth-order valence-electron chi connectivity index (χ4n) is 3.82. The lowest BCUT2D eigenvalue weighted by atomic mass is 9.97. The van der Waals surface area contributed by atoms with Gasteiger partial charge in [-0.25, -0.2) is 12.7 Å². The molecular formula is C23H28Cl2N2O4S. The maximum atomic E-state index is 12.8. The Kier molecular flexibility index (Phi) is 8.82. The Morgan fingerprint density at radius 3 is 2.44 bits per heavy atom. The Morgan fingerprint density at radius 2 is 1.78 bits per heavy atom. The smallest absolute Gasteiger partial charge is 0.223 e. The quantitative estimate of drug-likeness (QED) is 0.523. The number of methoxy groups -OCH3 is 1. The summed E-state index contributed by atoms with van der Waals surface area (Å²) in [6.07, 6.45) is 2.66. The van der Waals surface area contributed by atoms with Crippen molar-refractivity contribution in [3.63, 3.8) is 0 Å². The summed E-state index contributed by atoms with van der Waals surface area (Å²) >= 11 is 12.3. The highest BCUT2D eigenvalue weighted by atomic mass is 35.5. The van der Waals surface area contributed by atoms with Crippen LogP contribution in [0, 0.1) is 5.92 Å². The standard InChI is InChI=1S/C23H28Cl2N2O4S/c1-31-19-7-2-5-17(15-19)6-4-12-26-23(28)18-10-13-27(14-11-18)32(29,30)16-20-21(24)8-3-9-22(20)25/h2-3,5,7-9,15,18H,4,6,10-14,16H2,1H3,(H,26,28). The number of aryl methyl sites for hydroxylation is 1. The summed E-state index contributed by atoms with van der Waals surface area (Å²) in [5.74, 6) is 0.390. The third kappa shape index (κ3) is 6.61. The zero-order valence-electron chi connectivity index (χ0n) is 18.0. The zero-order valence-corrected chi connectivity index (χ0v) is 20.3. The Morgan fingerprint density at radius 1 is 1.12 bits per heavy atom. The minimum atomic E-state index is -3.57. The average Bonchev–Trinajstić information content (AvgIpc) is 2.79. The van der Waals surface area contributed by atoms with Crippen LogP contribution in [0.25, 0.3) is 0 Å². The minimum absolute atomic E-state index is 0.0122. The molecule has 3 rings (SSSR count). The first kappa shape index (κ1) is 24.8. The van der Waals surface area contributed by atoms with E-state index in [2.05, 4.69) is 5.32 Å². The van der Waals surface area contributed by atoms with Gasteiger partial charge < -0.3 is 10.1 Å². The van der Waals surface area contributed by atoms with Crippen molar-refractivity contribution in [3.05, 3.63) is 63.6 Å². The second-order valence-corrected chi connectivity index (χ2v) is 10.7. The van der Waals surface area contributed by atoms with Gasteiger partial charge in [-0.1, -0.05) is 41.4 Å². The molecule has 1 fully saturated rings. The van der Waals surface area contributed by atoms with Gasteiger partial charge in [-0.15, -0.1) is 0 Å². The molecule has 1 aliphatic rings. The summed E-state index contributed by atoms with van der Waals surface area (Å²) in [5.41, 5.74) is 1.57. The van der Waals surface area contributed by atoms with Crippen molar-refractivity contribution < 1.29 is 17.9 Å². The van der Waals surface area contributed by atoms with Crippen molar-refractivity contribution in [1.29, 1.82) is 0 Å².